The summed E-state index contributed by atoms with van der Waals surface area (Å²) in [4.78, 5) is 216. The Kier molecular flexibility index (Phi) is 23.9. The number of anilines is 2. The highest BCUT2D eigenvalue weighted by Crippen LogP contribution is 2.45. The highest BCUT2D eigenvalue weighted by molar-refractivity contribution is 6.13. The third-order valence-electron chi connectivity index (χ3n) is 24.4. The first-order valence-corrected chi connectivity index (χ1v) is 42.8. The molecule has 13 amide bonds. The minimum atomic E-state index is -2.14. The van der Waals surface area contributed by atoms with Crippen LogP contribution in [-0.4, -0.2) is 215 Å². The predicted octanol–water partition coefficient (Wildman–Crippen LogP) is 8.03. The normalized spacial score (nSPS) is 20.4. The number of carbonyl (C=O) groups is 14. The van der Waals surface area contributed by atoms with Crippen molar-refractivity contribution < 1.29 is 122 Å². The second-order valence-corrected chi connectivity index (χ2v) is 36.9. The number of amides is 13. The number of carbonyl (C=O) groups excluding carboxylic acids is 14. The molecule has 8 aliphatic heterocycles. The fourth-order valence-electron chi connectivity index (χ4n) is 16.9. The lowest BCUT2D eigenvalue weighted by Gasteiger charge is -2.29. The molecule has 13 heterocycles. The highest BCUT2D eigenvalue weighted by Gasteiger charge is 2.61. The number of hydrogen-bond donors (Lipinski definition) is 7. The molecule has 5 saturated heterocycles. The number of ketones is 1. The first kappa shape index (κ1) is 93.5. The number of rotatable bonds is 21. The van der Waals surface area contributed by atoms with E-state index in [9.17, 15) is 71.9 Å². The van der Waals surface area contributed by atoms with Crippen molar-refractivity contribution in [3.63, 3.8) is 0 Å². The van der Waals surface area contributed by atoms with Gasteiger partial charge in [-0.15, -0.1) is 0 Å². The third kappa shape index (κ3) is 16.8. The van der Waals surface area contributed by atoms with Crippen LogP contribution in [0.4, 0.5) is 39.3 Å². The number of hydrogen-bond acceptors (Lipinski definition) is 29. The molecular formula is C93H93F3N16O24. The van der Waals surface area contributed by atoms with Crippen LogP contribution in [0.2, 0.25) is 0 Å². The molecule has 18 rings (SSSR count). The number of nitrogens with zero attached hydrogens (tertiary/aromatic N) is 9. The average molecular weight is 1880 g/mol. The van der Waals surface area contributed by atoms with Gasteiger partial charge in [-0.05, 0) is 159 Å². The number of piperazine rings is 1. The number of pyridine rings is 1. The zero-order valence-electron chi connectivity index (χ0n) is 75.8. The minimum absolute atomic E-state index is 0.0390. The van der Waals surface area contributed by atoms with Gasteiger partial charge in [-0.25, -0.2) is 52.2 Å². The van der Waals surface area contributed by atoms with Gasteiger partial charge < -0.3 is 93.6 Å². The van der Waals surface area contributed by atoms with Crippen molar-refractivity contribution in [2.24, 2.45) is 16.2 Å². The first-order valence-electron chi connectivity index (χ1n) is 42.8. The molecule has 43 heteroatoms. The number of nitrogens with one attached hydrogen (secondary N) is 6. The van der Waals surface area contributed by atoms with Crippen LogP contribution in [0.3, 0.4) is 0 Å². The SMILES string of the molecule is COc1ccc2c(c1)C(=O)N(C[C@@]1(c3cc4nc(N5CCNCC5)ccc4o3)NC(=O)N(COC(=O)C(C)(C)C)C1=O)C2.COc1ccc2c(c1F)C(=O)N(C[C@@]1(c3cc4cc(-c5cc(=O)[nH]c(N)n5)ccc4o3)NC(=O)N(COC(=O)C(C)(C)C)C1=O)C2.COc1ccc2c(c1F)C(=O)N(C[C@@]1(c3cc4cc([C@@]5(C)NC(=O)CC5=O)c(F)cc4o3)NC(=O)N(COC(=O)C(C)(C)C)C1=O)C2. The number of nitrogen functional groups attached to an aromatic ring is 1. The molecule has 10 aromatic rings. The molecule has 0 radical (unpaired) electrons. The van der Waals surface area contributed by atoms with E-state index >= 15 is 13.2 Å². The second kappa shape index (κ2) is 34.7. The number of furan rings is 3. The molecule has 5 fully saturated rings. The van der Waals surface area contributed by atoms with E-state index in [-0.39, 0.29) is 100 Å². The van der Waals surface area contributed by atoms with Gasteiger partial charge >= 0.3 is 36.0 Å². The maximum absolute atomic E-state index is 15.4. The maximum atomic E-state index is 15.4. The largest absolute Gasteiger partial charge is 0.497 e. The summed E-state index contributed by atoms with van der Waals surface area (Å²) in [6, 6.07) is 24.9. The van der Waals surface area contributed by atoms with E-state index in [1.807, 2.05) is 6.07 Å². The molecular weight excluding hydrogens is 1780 g/mol. The number of esters is 3. The van der Waals surface area contributed by atoms with Crippen LogP contribution in [0.1, 0.15) is 146 Å². The van der Waals surface area contributed by atoms with Crippen molar-refractivity contribution in [2.75, 3.05) is 98.0 Å². The molecule has 8 aliphatic rings. The van der Waals surface area contributed by atoms with Gasteiger partial charge in [0, 0.05) is 91.5 Å². The number of benzene rings is 5. The summed E-state index contributed by atoms with van der Waals surface area (Å²) in [7, 11) is 4.04. The van der Waals surface area contributed by atoms with Gasteiger partial charge in [-0.2, -0.15) is 0 Å². The van der Waals surface area contributed by atoms with Crippen molar-refractivity contribution in [3.05, 3.63) is 193 Å². The standard InChI is InChI=1S/C32H30F2N4O9.C31H29FN6O8.C30H34N6O7/c1-30(2,3)28(43)46-14-38-27(42)32(36-29(38)44,13-37-12-15-6-7-19(45-5)25(34)24(15)26(37)41)22-9-16-8-17(18(33)10-20(16)47-22)31(4)21(39)11-23(40)35-31;1-30(2,3)27(42)45-14-38-26(41)31(36-29(38)43,13-37-12-16-6-8-20(44-4)24(32)23(16)25(37)40)21-10-17-9-15(5-7-19(17)46-21)18-11-22(39)35-28(33)34-18;1-29(2,3)27(39)42-17-36-26(38)30(33-28(36)40,16-35-15-18-5-6-19(41-4)13-20(18)25(35)37)23-14-21-22(43-23)7-8-24(32-21)34-11-9-31-10-12-34/h6-10H,11-14H2,1-5H3,(H,35,40)(H,36,44);5-11H,12-14H2,1-4H3,(H,36,43)(H3,33,34,35,39);5-8,13-14,31H,9-12,15-17H2,1-4H3,(H,33,40)/t31-,32+;31-;30-/m100/s1. The Balaban J connectivity index is 0.000000148. The number of fused-ring (bicyclic) bond motifs is 6. The van der Waals surface area contributed by atoms with E-state index in [1.165, 1.54) is 80.5 Å². The summed E-state index contributed by atoms with van der Waals surface area (Å²) >= 11 is 0. The molecule has 0 unspecified atom stereocenters. The fraction of sp³-hybridized carbons (Fsp3) is 0.366. The Hall–Kier alpha value is -15.7. The summed E-state index contributed by atoms with van der Waals surface area (Å²) in [5.74, 6) is -9.19. The van der Waals surface area contributed by atoms with Crippen LogP contribution >= 0.6 is 0 Å². The summed E-state index contributed by atoms with van der Waals surface area (Å²) in [5, 5.41) is 14.5. The zero-order chi connectivity index (χ0) is 97.9. The lowest BCUT2D eigenvalue weighted by atomic mass is 9.88. The van der Waals surface area contributed by atoms with E-state index in [4.69, 9.17) is 52.4 Å². The molecule has 5 aromatic heterocycles. The van der Waals surface area contributed by atoms with E-state index < -0.39 is 178 Å². The molecule has 0 saturated carbocycles. The van der Waals surface area contributed by atoms with Crippen LogP contribution in [0, 0.1) is 33.7 Å². The van der Waals surface area contributed by atoms with E-state index in [0.29, 0.717) is 59.9 Å². The fourth-order valence-corrected chi connectivity index (χ4v) is 16.9. The van der Waals surface area contributed by atoms with Crippen molar-refractivity contribution in [2.45, 2.75) is 117 Å². The molecule has 0 aliphatic carbocycles. The summed E-state index contributed by atoms with van der Waals surface area (Å²) in [5.41, 5.74) is -1.78. The van der Waals surface area contributed by atoms with E-state index in [2.05, 4.69) is 41.5 Å². The molecule has 136 heavy (non-hydrogen) atoms. The van der Waals surface area contributed by atoms with Crippen LogP contribution in [-0.2, 0) is 94.4 Å². The van der Waals surface area contributed by atoms with Gasteiger partial charge in [-0.3, -0.25) is 62.5 Å². The number of Topliss-reactive ketones (excluding diaryl/α,β-unsaturated/α-hetero) is 1. The molecule has 8 N–H and O–H groups in total. The number of nitrogens with two attached hydrogens (primary N) is 1. The van der Waals surface area contributed by atoms with Crippen LogP contribution < -0.4 is 57.0 Å². The minimum Gasteiger partial charge on any atom is -0.497 e. The monoisotopic (exact) mass is 1870 g/mol. The van der Waals surface area contributed by atoms with Crippen LogP contribution in [0.15, 0.2) is 127 Å². The Morgan fingerprint density at radius 3 is 1.42 bits per heavy atom. The number of imide groups is 3. The maximum Gasteiger partial charge on any atom is 0.328 e. The van der Waals surface area contributed by atoms with Crippen LogP contribution in [0.5, 0.6) is 17.2 Å². The molecule has 5 aromatic carbocycles. The lowest BCUT2D eigenvalue weighted by Crippen LogP contribution is -2.52. The summed E-state index contributed by atoms with van der Waals surface area (Å²) in [6.45, 7) is 16.0. The van der Waals surface area contributed by atoms with E-state index in [0.717, 1.165) is 53.4 Å². The number of methoxy groups -OCH3 is 3. The Morgan fingerprint density at radius 1 is 0.493 bits per heavy atom. The number of aromatic nitrogens is 3. The summed E-state index contributed by atoms with van der Waals surface area (Å²) < 4.78 is 95.2. The predicted molar refractivity (Wildman–Crippen MR) is 470 cm³/mol. The number of aromatic amines is 1. The zero-order valence-corrected chi connectivity index (χ0v) is 75.8. The van der Waals surface area contributed by atoms with Gasteiger partial charge in [0.05, 0.1) is 80.5 Å². The van der Waals surface area contributed by atoms with Gasteiger partial charge in [0.25, 0.3) is 41.0 Å². The van der Waals surface area contributed by atoms with Crippen molar-refractivity contribution in [1.29, 1.82) is 0 Å². The van der Waals surface area contributed by atoms with Gasteiger partial charge in [-0.1, -0.05) is 18.2 Å². The highest BCUT2D eigenvalue weighted by atomic mass is 19.1. The Morgan fingerprint density at radius 2 is 0.949 bits per heavy atom. The summed E-state index contributed by atoms with van der Waals surface area (Å²) in [6.07, 6.45) is -0.428. The number of ether oxygens (including phenoxy) is 6. The quantitative estimate of drug-likeness (QED) is 0.0155. The topological polar surface area (TPSA) is 501 Å². The van der Waals surface area contributed by atoms with Gasteiger partial charge in [0.2, 0.25) is 11.9 Å². The molecule has 0 bridgehead atoms. The number of H-pyrrole nitrogens is 1. The lowest BCUT2D eigenvalue weighted by molar-refractivity contribution is -0.160. The van der Waals surface area contributed by atoms with Gasteiger partial charge in [0.15, 0.2) is 71.3 Å². The van der Waals surface area contributed by atoms with Crippen molar-refractivity contribution in [1.82, 2.24) is 70.9 Å². The van der Waals surface area contributed by atoms with E-state index in [1.54, 1.807) is 117 Å². The van der Waals surface area contributed by atoms with Crippen molar-refractivity contribution >= 4 is 128 Å². The molecule has 0 spiro atoms. The Bertz CT molecular complexity index is 6840. The molecule has 4 atom stereocenters. The Labute approximate surface area is 770 Å². The van der Waals surface area contributed by atoms with Crippen LogP contribution in [0.25, 0.3) is 44.3 Å². The third-order valence-corrected chi connectivity index (χ3v) is 24.4. The second-order valence-electron chi connectivity index (χ2n) is 36.9. The molecule has 40 nitrogen and oxygen atoms in total. The smallest absolute Gasteiger partial charge is 0.328 e. The first-order chi connectivity index (χ1) is 64.2. The van der Waals surface area contributed by atoms with Gasteiger partial charge in [0.1, 0.15) is 56.9 Å². The van der Waals surface area contributed by atoms with Crippen molar-refractivity contribution in [3.8, 4) is 28.5 Å². The molecule has 710 valence electrons. The number of urea groups is 3. The average Bonchev–Trinajstić information content (AvgIpc) is 1.58. The number of halogens is 3.